The van der Waals surface area contributed by atoms with Crippen molar-refractivity contribution in [2.75, 3.05) is 29.9 Å². The van der Waals surface area contributed by atoms with E-state index in [9.17, 15) is 0 Å². The topological polar surface area (TPSA) is 50.3 Å². The van der Waals surface area contributed by atoms with Crippen LogP contribution in [0, 0.1) is 0 Å². The molecule has 20 heavy (non-hydrogen) atoms. The van der Waals surface area contributed by atoms with E-state index in [1.54, 1.807) is 6.33 Å². The smallest absolute Gasteiger partial charge is 0.137 e. The molecule has 112 valence electrons. The lowest BCUT2D eigenvalue weighted by Crippen LogP contribution is -2.46. The van der Waals surface area contributed by atoms with Crippen molar-refractivity contribution in [1.29, 1.82) is 0 Å². The van der Waals surface area contributed by atoms with Gasteiger partial charge in [0.05, 0.1) is 12.2 Å². The Kier molecular flexibility index (Phi) is 4.81. The van der Waals surface area contributed by atoms with Crippen LogP contribution in [0.4, 0.5) is 11.6 Å². The number of nitrogens with one attached hydrogen (secondary N) is 1. The first kappa shape index (κ1) is 15.0. The molecule has 0 radical (unpaired) electrons. The normalized spacial score (nSPS) is 23.2. The van der Waals surface area contributed by atoms with E-state index in [-0.39, 0.29) is 12.2 Å². The predicted molar refractivity (Wildman–Crippen MR) is 82.5 cm³/mol. The molecule has 2 atom stereocenters. The van der Waals surface area contributed by atoms with Gasteiger partial charge in [-0.25, -0.2) is 9.97 Å². The second-order valence-electron chi connectivity index (χ2n) is 5.81. The van der Waals surface area contributed by atoms with Gasteiger partial charge in [0.2, 0.25) is 0 Å². The average Bonchev–Trinajstić information content (AvgIpc) is 2.37. The molecule has 0 aromatic carbocycles. The van der Waals surface area contributed by atoms with Crippen LogP contribution < -0.4 is 10.2 Å². The average molecular weight is 278 g/mol. The van der Waals surface area contributed by atoms with E-state index in [0.717, 1.165) is 31.3 Å². The standard InChI is InChI=1S/C15H26N4O/c1-6-16-14-13(10(2)3)15(18-9-17-14)19-7-11(4)20-12(5)8-19/h9-12H,6-8H2,1-5H3,(H,16,17,18). The van der Waals surface area contributed by atoms with Crippen molar-refractivity contribution in [3.05, 3.63) is 11.9 Å². The van der Waals surface area contributed by atoms with E-state index in [2.05, 4.69) is 54.8 Å². The number of rotatable bonds is 4. The van der Waals surface area contributed by atoms with Gasteiger partial charge in [-0.05, 0) is 26.7 Å². The molecule has 2 heterocycles. The molecule has 0 spiro atoms. The van der Waals surface area contributed by atoms with Crippen LogP contribution in [0.15, 0.2) is 6.33 Å². The first-order valence-corrected chi connectivity index (χ1v) is 7.52. The Balaban J connectivity index is 2.37. The van der Waals surface area contributed by atoms with Gasteiger partial charge >= 0.3 is 0 Å². The summed E-state index contributed by atoms with van der Waals surface area (Å²) >= 11 is 0. The zero-order valence-corrected chi connectivity index (χ0v) is 13.2. The van der Waals surface area contributed by atoms with E-state index in [1.165, 1.54) is 5.56 Å². The summed E-state index contributed by atoms with van der Waals surface area (Å²) in [4.78, 5) is 11.3. The summed E-state index contributed by atoms with van der Waals surface area (Å²) in [6.45, 7) is 13.3. The van der Waals surface area contributed by atoms with Crippen LogP contribution in [0.25, 0.3) is 0 Å². The fourth-order valence-corrected chi connectivity index (χ4v) is 2.83. The van der Waals surface area contributed by atoms with Gasteiger partial charge in [0.15, 0.2) is 0 Å². The molecule has 2 rings (SSSR count). The zero-order valence-electron chi connectivity index (χ0n) is 13.2. The molecule has 0 amide bonds. The molecule has 1 fully saturated rings. The van der Waals surface area contributed by atoms with Gasteiger partial charge in [-0.2, -0.15) is 0 Å². The highest BCUT2D eigenvalue weighted by molar-refractivity contribution is 5.60. The zero-order chi connectivity index (χ0) is 14.7. The highest BCUT2D eigenvalue weighted by Gasteiger charge is 2.27. The lowest BCUT2D eigenvalue weighted by molar-refractivity contribution is -0.00552. The molecule has 0 bridgehead atoms. The van der Waals surface area contributed by atoms with Gasteiger partial charge in [-0.1, -0.05) is 13.8 Å². The minimum Gasteiger partial charge on any atom is -0.372 e. The second kappa shape index (κ2) is 6.39. The van der Waals surface area contributed by atoms with E-state index >= 15 is 0 Å². The van der Waals surface area contributed by atoms with E-state index in [0.29, 0.717) is 5.92 Å². The number of ether oxygens (including phenoxy) is 1. The third-order valence-corrected chi connectivity index (χ3v) is 3.50. The van der Waals surface area contributed by atoms with Crippen molar-refractivity contribution in [2.45, 2.75) is 52.7 Å². The molecular formula is C15H26N4O. The van der Waals surface area contributed by atoms with E-state index in [1.807, 2.05) is 0 Å². The van der Waals surface area contributed by atoms with Gasteiger partial charge < -0.3 is 15.0 Å². The summed E-state index contributed by atoms with van der Waals surface area (Å²) in [6, 6.07) is 0. The highest BCUT2D eigenvalue weighted by Crippen LogP contribution is 2.32. The van der Waals surface area contributed by atoms with E-state index < -0.39 is 0 Å². The van der Waals surface area contributed by atoms with Crippen molar-refractivity contribution in [3.63, 3.8) is 0 Å². The monoisotopic (exact) mass is 278 g/mol. The summed E-state index contributed by atoms with van der Waals surface area (Å²) in [6.07, 6.45) is 2.12. The molecule has 5 heteroatoms. The molecule has 1 N–H and O–H groups in total. The van der Waals surface area contributed by atoms with Gasteiger partial charge in [-0.15, -0.1) is 0 Å². The fourth-order valence-electron chi connectivity index (χ4n) is 2.83. The maximum atomic E-state index is 5.82. The molecule has 1 aromatic rings. The lowest BCUT2D eigenvalue weighted by atomic mass is 10.0. The number of hydrogen-bond acceptors (Lipinski definition) is 5. The Morgan fingerprint density at radius 1 is 1.30 bits per heavy atom. The van der Waals surface area contributed by atoms with Crippen molar-refractivity contribution in [2.24, 2.45) is 0 Å². The Labute approximate surface area is 121 Å². The first-order valence-electron chi connectivity index (χ1n) is 7.52. The Morgan fingerprint density at radius 3 is 2.50 bits per heavy atom. The summed E-state index contributed by atoms with van der Waals surface area (Å²) in [5.41, 5.74) is 1.20. The summed E-state index contributed by atoms with van der Waals surface area (Å²) in [5.74, 6) is 2.39. The maximum absolute atomic E-state index is 5.82. The van der Waals surface area contributed by atoms with Crippen molar-refractivity contribution < 1.29 is 4.74 Å². The van der Waals surface area contributed by atoms with Crippen LogP contribution in [0.1, 0.15) is 46.1 Å². The lowest BCUT2D eigenvalue weighted by Gasteiger charge is -2.37. The molecule has 1 aromatic heterocycles. The Bertz CT molecular complexity index is 439. The Morgan fingerprint density at radius 2 is 1.95 bits per heavy atom. The largest absolute Gasteiger partial charge is 0.372 e. The van der Waals surface area contributed by atoms with Gasteiger partial charge in [0, 0.05) is 25.2 Å². The number of nitrogens with zero attached hydrogens (tertiary/aromatic N) is 3. The van der Waals surface area contributed by atoms with Crippen LogP contribution in [0.3, 0.4) is 0 Å². The van der Waals surface area contributed by atoms with Crippen molar-refractivity contribution in [1.82, 2.24) is 9.97 Å². The third-order valence-electron chi connectivity index (χ3n) is 3.50. The molecule has 1 aliphatic heterocycles. The molecule has 0 saturated carbocycles. The first-order chi connectivity index (χ1) is 9.52. The summed E-state index contributed by atoms with van der Waals surface area (Å²) in [5, 5.41) is 3.35. The predicted octanol–water partition coefficient (Wildman–Crippen LogP) is 2.65. The van der Waals surface area contributed by atoms with Crippen LogP contribution in [-0.2, 0) is 4.74 Å². The van der Waals surface area contributed by atoms with Crippen LogP contribution in [0.5, 0.6) is 0 Å². The van der Waals surface area contributed by atoms with Crippen LogP contribution in [-0.4, -0.2) is 41.8 Å². The Hall–Kier alpha value is -1.36. The second-order valence-corrected chi connectivity index (χ2v) is 5.81. The minimum atomic E-state index is 0.233. The number of anilines is 2. The molecule has 1 saturated heterocycles. The quantitative estimate of drug-likeness (QED) is 0.917. The van der Waals surface area contributed by atoms with Gasteiger partial charge in [0.25, 0.3) is 0 Å². The molecule has 5 nitrogen and oxygen atoms in total. The molecule has 1 aliphatic rings. The maximum Gasteiger partial charge on any atom is 0.137 e. The van der Waals surface area contributed by atoms with E-state index in [4.69, 9.17) is 4.74 Å². The summed E-state index contributed by atoms with van der Waals surface area (Å²) < 4.78 is 5.82. The van der Waals surface area contributed by atoms with Gasteiger partial charge in [-0.3, -0.25) is 0 Å². The third kappa shape index (κ3) is 3.20. The number of morpholine rings is 1. The van der Waals surface area contributed by atoms with Gasteiger partial charge in [0.1, 0.15) is 18.0 Å². The number of aromatic nitrogens is 2. The SMILES string of the molecule is CCNc1ncnc(N2CC(C)OC(C)C2)c1C(C)C. The van der Waals surface area contributed by atoms with Crippen molar-refractivity contribution in [3.8, 4) is 0 Å². The molecule has 0 aliphatic carbocycles. The fraction of sp³-hybridized carbons (Fsp3) is 0.733. The van der Waals surface area contributed by atoms with Crippen LogP contribution in [0.2, 0.25) is 0 Å². The minimum absolute atomic E-state index is 0.233. The highest BCUT2D eigenvalue weighted by atomic mass is 16.5. The van der Waals surface area contributed by atoms with Crippen LogP contribution >= 0.6 is 0 Å². The molecule has 2 unspecified atom stereocenters. The number of hydrogen-bond donors (Lipinski definition) is 1. The summed E-state index contributed by atoms with van der Waals surface area (Å²) in [7, 11) is 0. The molecular weight excluding hydrogens is 252 g/mol. The van der Waals surface area contributed by atoms with Crippen molar-refractivity contribution >= 4 is 11.6 Å².